The molecule has 0 radical (unpaired) electrons. The first-order valence-electron chi connectivity index (χ1n) is 6.50. The highest BCUT2D eigenvalue weighted by Gasteiger charge is 2.30. The molecule has 0 saturated carbocycles. The summed E-state index contributed by atoms with van der Waals surface area (Å²) in [4.78, 5) is 21.5. The Morgan fingerprint density at radius 3 is 1.95 bits per heavy atom. The van der Waals surface area contributed by atoms with Crippen LogP contribution >= 0.6 is 0 Å². The van der Waals surface area contributed by atoms with Crippen molar-refractivity contribution in [2.75, 3.05) is 13.2 Å². The number of unbranched alkanes of at least 4 members (excludes halogenated alkanes) is 1. The van der Waals surface area contributed by atoms with Crippen LogP contribution in [0.1, 0.15) is 25.7 Å². The zero-order chi connectivity index (χ0) is 16.4. The van der Waals surface area contributed by atoms with Gasteiger partial charge in [0, 0.05) is 12.8 Å². The van der Waals surface area contributed by atoms with Crippen LogP contribution in [0.2, 0.25) is 0 Å². The molecule has 0 amide bonds. The van der Waals surface area contributed by atoms with Gasteiger partial charge in [0.05, 0.1) is 6.61 Å². The lowest BCUT2D eigenvalue weighted by Gasteiger charge is -2.25. The van der Waals surface area contributed by atoms with Crippen LogP contribution in [0.15, 0.2) is 0 Å². The van der Waals surface area contributed by atoms with Crippen LogP contribution in [0.5, 0.6) is 0 Å². The quantitative estimate of drug-likeness (QED) is 0.180. The lowest BCUT2D eigenvalue weighted by atomic mass is 10.0. The molecule has 0 saturated heterocycles. The average molecular weight is 310 g/mol. The molecular weight excluding hydrogens is 288 g/mol. The van der Waals surface area contributed by atoms with Crippen molar-refractivity contribution in [3.63, 3.8) is 0 Å². The minimum atomic E-state index is -1.79. The molecule has 6 N–H and O–H groups in total. The number of carboxylic acids is 1. The highest BCUT2D eigenvalue weighted by atomic mass is 16.5. The van der Waals surface area contributed by atoms with Crippen LogP contribution in [0.25, 0.3) is 0 Å². The monoisotopic (exact) mass is 310 g/mol. The third kappa shape index (κ3) is 8.58. The predicted molar refractivity (Wildman–Crippen MR) is 68.2 cm³/mol. The van der Waals surface area contributed by atoms with Crippen LogP contribution in [0.4, 0.5) is 0 Å². The summed E-state index contributed by atoms with van der Waals surface area (Å²) in [5.74, 6) is -1.64. The first-order chi connectivity index (χ1) is 9.79. The normalized spacial score (nSPS) is 16.8. The Morgan fingerprint density at radius 1 is 0.905 bits per heavy atom. The summed E-state index contributed by atoms with van der Waals surface area (Å²) < 4.78 is 4.64. The first-order valence-corrected chi connectivity index (χ1v) is 6.50. The molecular formula is C12H22O9. The van der Waals surface area contributed by atoms with Crippen molar-refractivity contribution < 1.29 is 45.0 Å². The Hall–Kier alpha value is -1.26. The van der Waals surface area contributed by atoms with Crippen molar-refractivity contribution in [2.24, 2.45) is 0 Å². The van der Waals surface area contributed by atoms with Crippen molar-refractivity contribution in [2.45, 2.75) is 50.1 Å². The number of aliphatic carboxylic acids is 1. The number of aliphatic hydroxyl groups is 5. The van der Waals surface area contributed by atoms with Gasteiger partial charge < -0.3 is 35.4 Å². The molecule has 0 aromatic rings. The van der Waals surface area contributed by atoms with E-state index in [0.29, 0.717) is 12.8 Å². The average Bonchev–Trinajstić information content (AvgIpc) is 2.46. The molecule has 0 fully saturated rings. The summed E-state index contributed by atoms with van der Waals surface area (Å²) in [5.41, 5.74) is 0. The predicted octanol–water partition coefficient (Wildman–Crippen LogP) is -2.39. The third-order valence-electron chi connectivity index (χ3n) is 2.76. The second kappa shape index (κ2) is 10.5. The Bertz CT molecular complexity index is 320. The SMILES string of the molecule is O=C(O)CCCCC(=O)OC[C@H](O)[C@@H](O)[C@H](O)[C@H](O)CO. The molecule has 21 heavy (non-hydrogen) atoms. The van der Waals surface area contributed by atoms with Gasteiger partial charge in [0.15, 0.2) is 0 Å². The number of rotatable bonds is 11. The Morgan fingerprint density at radius 2 is 1.43 bits per heavy atom. The van der Waals surface area contributed by atoms with Crippen LogP contribution in [0, 0.1) is 0 Å². The molecule has 0 bridgehead atoms. The van der Waals surface area contributed by atoms with Crippen molar-refractivity contribution in [3.8, 4) is 0 Å². The van der Waals surface area contributed by atoms with Gasteiger partial charge in [-0.1, -0.05) is 0 Å². The van der Waals surface area contributed by atoms with Gasteiger partial charge in [0.1, 0.15) is 31.0 Å². The fourth-order valence-electron chi connectivity index (χ4n) is 1.46. The molecule has 0 rings (SSSR count). The highest BCUT2D eigenvalue weighted by Crippen LogP contribution is 2.07. The largest absolute Gasteiger partial charge is 0.481 e. The van der Waals surface area contributed by atoms with E-state index in [1.54, 1.807) is 0 Å². The zero-order valence-corrected chi connectivity index (χ0v) is 11.5. The number of ether oxygens (including phenoxy) is 1. The summed E-state index contributed by atoms with van der Waals surface area (Å²) in [6.45, 7) is -1.39. The van der Waals surface area contributed by atoms with E-state index in [1.807, 2.05) is 0 Å². The molecule has 0 heterocycles. The number of hydrogen-bond donors (Lipinski definition) is 6. The van der Waals surface area contributed by atoms with E-state index in [0.717, 1.165) is 0 Å². The van der Waals surface area contributed by atoms with E-state index in [4.69, 9.17) is 15.3 Å². The maximum absolute atomic E-state index is 11.3. The lowest BCUT2D eigenvalue weighted by molar-refractivity contribution is -0.156. The Labute approximate surface area is 121 Å². The molecule has 0 aliphatic carbocycles. The van der Waals surface area contributed by atoms with Crippen LogP contribution in [-0.2, 0) is 14.3 Å². The van der Waals surface area contributed by atoms with Crippen molar-refractivity contribution in [1.82, 2.24) is 0 Å². The van der Waals surface area contributed by atoms with E-state index < -0.39 is 49.6 Å². The van der Waals surface area contributed by atoms with E-state index in [1.165, 1.54) is 0 Å². The standard InChI is InChI=1S/C12H22O9/c13-5-7(14)11(19)12(20)8(15)6-21-10(18)4-2-1-3-9(16)17/h7-8,11-15,19-20H,1-6H2,(H,16,17)/t7-,8+,11-,12-/m1/s1. The maximum atomic E-state index is 11.3. The summed E-state index contributed by atoms with van der Waals surface area (Å²) in [6.07, 6.45) is -6.26. The van der Waals surface area contributed by atoms with E-state index in [2.05, 4.69) is 4.74 Å². The fraction of sp³-hybridized carbons (Fsp3) is 0.833. The smallest absolute Gasteiger partial charge is 0.305 e. The minimum Gasteiger partial charge on any atom is -0.481 e. The zero-order valence-electron chi connectivity index (χ0n) is 11.5. The van der Waals surface area contributed by atoms with Crippen LogP contribution in [-0.4, -0.2) is 80.2 Å². The van der Waals surface area contributed by atoms with E-state index >= 15 is 0 Å². The molecule has 0 spiro atoms. The van der Waals surface area contributed by atoms with Gasteiger partial charge in [-0.05, 0) is 12.8 Å². The molecule has 4 atom stereocenters. The molecule has 9 heteroatoms. The molecule has 0 aliphatic rings. The summed E-state index contributed by atoms with van der Waals surface area (Å²) >= 11 is 0. The lowest BCUT2D eigenvalue weighted by Crippen LogP contribution is -2.47. The van der Waals surface area contributed by atoms with Gasteiger partial charge in [0.2, 0.25) is 0 Å². The number of carbonyl (C=O) groups excluding carboxylic acids is 1. The topological polar surface area (TPSA) is 165 Å². The number of carboxylic acid groups (broad SMARTS) is 1. The molecule has 0 aromatic carbocycles. The van der Waals surface area contributed by atoms with Gasteiger partial charge in [-0.2, -0.15) is 0 Å². The van der Waals surface area contributed by atoms with Crippen molar-refractivity contribution >= 4 is 11.9 Å². The number of carbonyl (C=O) groups is 2. The molecule has 124 valence electrons. The summed E-state index contributed by atoms with van der Waals surface area (Å²) in [5, 5.41) is 54.3. The third-order valence-corrected chi connectivity index (χ3v) is 2.76. The van der Waals surface area contributed by atoms with Gasteiger partial charge in [-0.15, -0.1) is 0 Å². The fourth-order valence-corrected chi connectivity index (χ4v) is 1.46. The van der Waals surface area contributed by atoms with E-state index in [-0.39, 0.29) is 12.8 Å². The summed E-state index contributed by atoms with van der Waals surface area (Å²) in [7, 11) is 0. The van der Waals surface area contributed by atoms with Gasteiger partial charge >= 0.3 is 11.9 Å². The van der Waals surface area contributed by atoms with Gasteiger partial charge in [-0.3, -0.25) is 9.59 Å². The van der Waals surface area contributed by atoms with Crippen molar-refractivity contribution in [1.29, 1.82) is 0 Å². The number of esters is 1. The molecule has 0 aliphatic heterocycles. The minimum absolute atomic E-state index is 0.0298. The highest BCUT2D eigenvalue weighted by molar-refractivity contribution is 5.69. The van der Waals surface area contributed by atoms with Gasteiger partial charge in [-0.25, -0.2) is 0 Å². The Kier molecular flexibility index (Phi) is 9.84. The Balaban J connectivity index is 3.93. The second-order valence-corrected chi connectivity index (χ2v) is 4.58. The first kappa shape index (κ1) is 19.7. The molecule has 0 unspecified atom stereocenters. The van der Waals surface area contributed by atoms with Crippen LogP contribution < -0.4 is 0 Å². The molecule has 9 nitrogen and oxygen atoms in total. The van der Waals surface area contributed by atoms with Gasteiger partial charge in [0.25, 0.3) is 0 Å². The van der Waals surface area contributed by atoms with E-state index in [9.17, 15) is 24.9 Å². The second-order valence-electron chi connectivity index (χ2n) is 4.58. The van der Waals surface area contributed by atoms with Crippen molar-refractivity contribution in [3.05, 3.63) is 0 Å². The van der Waals surface area contributed by atoms with Crippen LogP contribution in [0.3, 0.4) is 0 Å². The number of hydrogen-bond acceptors (Lipinski definition) is 8. The maximum Gasteiger partial charge on any atom is 0.305 e. The summed E-state index contributed by atoms with van der Waals surface area (Å²) in [6, 6.07) is 0. The molecule has 0 aromatic heterocycles. The number of aliphatic hydroxyl groups excluding tert-OH is 5.